The van der Waals surface area contributed by atoms with Gasteiger partial charge in [0.1, 0.15) is 0 Å². The molecule has 0 bridgehead atoms. The second-order valence-electron chi connectivity index (χ2n) is 6.26. The first-order chi connectivity index (χ1) is 10.5. The van der Waals surface area contributed by atoms with Crippen LogP contribution in [0, 0.1) is 0 Å². The summed E-state index contributed by atoms with van der Waals surface area (Å²) < 4.78 is 5.30. The van der Waals surface area contributed by atoms with Gasteiger partial charge in [-0.15, -0.1) is 0 Å². The molecule has 0 spiro atoms. The molecule has 126 valence electrons. The van der Waals surface area contributed by atoms with E-state index < -0.39 is 5.97 Å². The van der Waals surface area contributed by atoms with Crippen molar-refractivity contribution in [3.8, 4) is 0 Å². The van der Waals surface area contributed by atoms with E-state index in [1.54, 1.807) is 7.11 Å². The van der Waals surface area contributed by atoms with Gasteiger partial charge in [-0.1, -0.05) is 6.92 Å². The minimum atomic E-state index is -0.801. The fourth-order valence-electron chi connectivity index (χ4n) is 3.37. The molecule has 7 heteroatoms. The van der Waals surface area contributed by atoms with E-state index >= 15 is 0 Å². The van der Waals surface area contributed by atoms with Crippen LogP contribution in [0.5, 0.6) is 0 Å². The van der Waals surface area contributed by atoms with E-state index in [1.807, 2.05) is 11.8 Å². The second kappa shape index (κ2) is 7.78. The van der Waals surface area contributed by atoms with Gasteiger partial charge in [-0.05, 0) is 38.6 Å². The fraction of sp³-hybridized carbons (Fsp3) is 0.867. The fourth-order valence-corrected chi connectivity index (χ4v) is 3.37. The van der Waals surface area contributed by atoms with Crippen LogP contribution in [-0.2, 0) is 9.53 Å². The Hall–Kier alpha value is -1.34. The van der Waals surface area contributed by atoms with Crippen molar-refractivity contribution in [1.29, 1.82) is 0 Å². The molecule has 2 unspecified atom stereocenters. The SMILES string of the molecule is CCN(CC(=O)O)C1CC(NC(=O)NC2CCC(OC)C2)C1. The molecule has 2 rings (SSSR count). The maximum absolute atomic E-state index is 12.0. The Kier molecular flexibility index (Phi) is 6.02. The largest absolute Gasteiger partial charge is 0.480 e. The number of carbonyl (C=O) groups is 2. The number of aliphatic carboxylic acids is 1. The Morgan fingerprint density at radius 1 is 1.18 bits per heavy atom. The zero-order chi connectivity index (χ0) is 16.1. The molecule has 2 fully saturated rings. The van der Waals surface area contributed by atoms with Crippen molar-refractivity contribution in [3.63, 3.8) is 0 Å². The predicted molar refractivity (Wildman–Crippen MR) is 81.8 cm³/mol. The number of hydrogen-bond donors (Lipinski definition) is 3. The van der Waals surface area contributed by atoms with Gasteiger partial charge in [0.2, 0.25) is 0 Å². The summed E-state index contributed by atoms with van der Waals surface area (Å²) in [5, 5.41) is 14.8. The lowest BCUT2D eigenvalue weighted by Gasteiger charge is -2.42. The highest BCUT2D eigenvalue weighted by molar-refractivity contribution is 5.74. The molecule has 2 atom stereocenters. The first-order valence-corrected chi connectivity index (χ1v) is 8.07. The highest BCUT2D eigenvalue weighted by atomic mass is 16.5. The molecule has 22 heavy (non-hydrogen) atoms. The van der Waals surface area contributed by atoms with Crippen LogP contribution in [0.2, 0.25) is 0 Å². The van der Waals surface area contributed by atoms with Gasteiger partial charge in [0.15, 0.2) is 0 Å². The molecule has 0 heterocycles. The number of ether oxygens (including phenoxy) is 1. The van der Waals surface area contributed by atoms with Crippen LogP contribution in [0.3, 0.4) is 0 Å². The van der Waals surface area contributed by atoms with E-state index in [4.69, 9.17) is 9.84 Å². The number of nitrogens with zero attached hydrogens (tertiary/aromatic N) is 1. The average molecular weight is 313 g/mol. The van der Waals surface area contributed by atoms with E-state index in [0.29, 0.717) is 0 Å². The molecule has 2 aliphatic rings. The standard InChI is InChI=1S/C15H27N3O4/c1-3-18(9-14(19)20)12-6-11(7-12)17-15(21)16-10-4-5-13(8-10)22-2/h10-13H,3-9H2,1-2H3,(H,19,20)(H2,16,17,21). The molecule has 0 aromatic rings. The van der Waals surface area contributed by atoms with Crippen molar-refractivity contribution in [2.75, 3.05) is 20.2 Å². The van der Waals surface area contributed by atoms with Gasteiger partial charge >= 0.3 is 12.0 Å². The molecule has 2 aliphatic carbocycles. The molecule has 0 saturated heterocycles. The third-order valence-electron chi connectivity index (χ3n) is 4.76. The van der Waals surface area contributed by atoms with Crippen molar-refractivity contribution in [2.45, 2.75) is 63.3 Å². The number of carboxylic acids is 1. The Morgan fingerprint density at radius 3 is 2.41 bits per heavy atom. The number of carbonyl (C=O) groups excluding carboxylic acids is 1. The van der Waals surface area contributed by atoms with Crippen molar-refractivity contribution in [3.05, 3.63) is 0 Å². The van der Waals surface area contributed by atoms with Gasteiger partial charge in [0.25, 0.3) is 0 Å². The zero-order valence-electron chi connectivity index (χ0n) is 13.4. The van der Waals surface area contributed by atoms with E-state index in [1.165, 1.54) is 0 Å². The summed E-state index contributed by atoms with van der Waals surface area (Å²) in [6.45, 7) is 2.75. The first-order valence-electron chi connectivity index (χ1n) is 8.07. The van der Waals surface area contributed by atoms with Gasteiger partial charge in [0, 0.05) is 25.2 Å². The van der Waals surface area contributed by atoms with E-state index in [2.05, 4.69) is 10.6 Å². The Bertz CT molecular complexity index is 398. The van der Waals surface area contributed by atoms with Crippen LogP contribution in [-0.4, -0.2) is 66.4 Å². The Labute approximate surface area is 131 Å². The van der Waals surface area contributed by atoms with Gasteiger partial charge in [-0.2, -0.15) is 0 Å². The lowest BCUT2D eigenvalue weighted by Crippen LogP contribution is -2.57. The third-order valence-corrected chi connectivity index (χ3v) is 4.76. The molecule has 0 aromatic carbocycles. The van der Waals surface area contributed by atoms with Crippen LogP contribution in [0.15, 0.2) is 0 Å². The van der Waals surface area contributed by atoms with Gasteiger partial charge in [-0.25, -0.2) is 4.79 Å². The quantitative estimate of drug-likeness (QED) is 0.646. The summed E-state index contributed by atoms with van der Waals surface area (Å²) in [7, 11) is 1.71. The summed E-state index contributed by atoms with van der Waals surface area (Å²) in [5.41, 5.74) is 0. The molecular weight excluding hydrogens is 286 g/mol. The number of nitrogens with one attached hydrogen (secondary N) is 2. The normalized spacial score (nSPS) is 30.9. The summed E-state index contributed by atoms with van der Waals surface area (Å²) in [4.78, 5) is 24.7. The molecule has 2 saturated carbocycles. The first kappa shape index (κ1) is 17.0. The van der Waals surface area contributed by atoms with Crippen LogP contribution in [0.25, 0.3) is 0 Å². The second-order valence-corrected chi connectivity index (χ2v) is 6.26. The number of rotatable bonds is 7. The minimum Gasteiger partial charge on any atom is -0.480 e. The number of likely N-dealkylation sites (N-methyl/N-ethyl adjacent to an activating group) is 1. The molecule has 2 amide bonds. The van der Waals surface area contributed by atoms with E-state index in [0.717, 1.165) is 38.6 Å². The van der Waals surface area contributed by atoms with Crippen molar-refractivity contribution >= 4 is 12.0 Å². The van der Waals surface area contributed by atoms with Crippen LogP contribution < -0.4 is 10.6 Å². The van der Waals surface area contributed by atoms with Crippen molar-refractivity contribution < 1.29 is 19.4 Å². The number of amides is 2. The molecule has 0 aromatic heterocycles. The highest BCUT2D eigenvalue weighted by Gasteiger charge is 2.35. The average Bonchev–Trinajstić information content (AvgIpc) is 2.87. The Balaban J connectivity index is 1.64. The maximum Gasteiger partial charge on any atom is 0.317 e. The predicted octanol–water partition coefficient (Wildman–Crippen LogP) is 0.791. The van der Waals surface area contributed by atoms with Crippen LogP contribution in [0.1, 0.15) is 39.0 Å². The van der Waals surface area contributed by atoms with Gasteiger partial charge in [0.05, 0.1) is 12.6 Å². The molecule has 0 radical (unpaired) electrons. The molecule has 7 nitrogen and oxygen atoms in total. The third kappa shape index (κ3) is 4.58. The zero-order valence-corrected chi connectivity index (χ0v) is 13.4. The molecule has 0 aliphatic heterocycles. The Morgan fingerprint density at radius 2 is 1.86 bits per heavy atom. The lowest BCUT2D eigenvalue weighted by atomic mass is 9.85. The van der Waals surface area contributed by atoms with Crippen molar-refractivity contribution in [1.82, 2.24) is 15.5 Å². The van der Waals surface area contributed by atoms with Gasteiger partial charge < -0.3 is 20.5 Å². The molecule has 3 N–H and O–H groups in total. The molecular formula is C15H27N3O4. The monoisotopic (exact) mass is 313 g/mol. The summed E-state index contributed by atoms with van der Waals surface area (Å²) >= 11 is 0. The number of urea groups is 1. The minimum absolute atomic E-state index is 0.0700. The highest BCUT2D eigenvalue weighted by Crippen LogP contribution is 2.26. The van der Waals surface area contributed by atoms with E-state index in [9.17, 15) is 9.59 Å². The maximum atomic E-state index is 12.0. The lowest BCUT2D eigenvalue weighted by molar-refractivity contribution is -0.139. The number of hydrogen-bond acceptors (Lipinski definition) is 4. The summed E-state index contributed by atoms with van der Waals surface area (Å²) in [6.07, 6.45) is 4.72. The smallest absolute Gasteiger partial charge is 0.317 e. The van der Waals surface area contributed by atoms with Gasteiger partial charge in [-0.3, -0.25) is 9.69 Å². The summed E-state index contributed by atoms with van der Waals surface area (Å²) in [6, 6.07) is 0.481. The number of carboxylic acid groups (broad SMARTS) is 1. The van der Waals surface area contributed by atoms with Crippen LogP contribution in [0.4, 0.5) is 4.79 Å². The topological polar surface area (TPSA) is 90.9 Å². The van der Waals surface area contributed by atoms with E-state index in [-0.39, 0.29) is 36.8 Å². The van der Waals surface area contributed by atoms with Crippen LogP contribution >= 0.6 is 0 Å². The number of methoxy groups -OCH3 is 1. The summed E-state index contributed by atoms with van der Waals surface area (Å²) in [5.74, 6) is -0.801. The van der Waals surface area contributed by atoms with Crippen molar-refractivity contribution in [2.24, 2.45) is 0 Å².